The molecule has 0 spiro atoms. The molecule has 0 saturated carbocycles. The van der Waals surface area contributed by atoms with Crippen LogP contribution in [0.5, 0.6) is 11.5 Å². The van der Waals surface area contributed by atoms with Crippen molar-refractivity contribution in [2.24, 2.45) is 10.5 Å². The molecule has 0 fully saturated rings. The number of benzene rings is 2. The van der Waals surface area contributed by atoms with Gasteiger partial charge in [-0.15, -0.1) is 0 Å². The highest BCUT2D eigenvalue weighted by atomic mass is 79.9. The molecule has 0 atom stereocenters. The Bertz CT molecular complexity index is 1150. The molecule has 0 unspecified atom stereocenters. The van der Waals surface area contributed by atoms with Gasteiger partial charge in [-0.1, -0.05) is 49.7 Å². The van der Waals surface area contributed by atoms with E-state index in [1.807, 2.05) is 37.3 Å². The van der Waals surface area contributed by atoms with Gasteiger partial charge in [-0.3, -0.25) is 4.79 Å². The molecule has 0 radical (unpaired) electrons. The lowest BCUT2D eigenvalue weighted by molar-refractivity contribution is 0.191. The monoisotopic (exact) mass is 471 g/mol. The topological polar surface area (TPSA) is 65.7 Å². The molecule has 7 heteroatoms. The lowest BCUT2D eigenvalue weighted by atomic mass is 9.98. The number of rotatable bonds is 6. The van der Waals surface area contributed by atoms with Gasteiger partial charge in [-0.05, 0) is 35.7 Å². The molecule has 0 saturated heterocycles. The van der Waals surface area contributed by atoms with Gasteiger partial charge >= 0.3 is 0 Å². The number of aromatic nitrogens is 2. The summed E-state index contributed by atoms with van der Waals surface area (Å²) in [4.78, 5) is 17.7. The van der Waals surface area contributed by atoms with E-state index in [4.69, 9.17) is 9.47 Å². The van der Waals surface area contributed by atoms with Gasteiger partial charge in [0.25, 0.3) is 5.56 Å². The van der Waals surface area contributed by atoms with Gasteiger partial charge < -0.3 is 9.47 Å². The van der Waals surface area contributed by atoms with Gasteiger partial charge in [0.2, 0.25) is 0 Å². The number of para-hydroxylation sites is 1. The molecule has 1 heterocycles. The highest BCUT2D eigenvalue weighted by Crippen LogP contribution is 2.31. The fraction of sp³-hybridized carbons (Fsp3) is 0.348. The van der Waals surface area contributed by atoms with Crippen molar-refractivity contribution in [1.29, 1.82) is 0 Å². The van der Waals surface area contributed by atoms with Gasteiger partial charge in [-0.25, -0.2) is 4.98 Å². The zero-order valence-corrected chi connectivity index (χ0v) is 19.5. The molecule has 0 N–H and O–H groups in total. The third-order valence-corrected chi connectivity index (χ3v) is 4.88. The first-order valence-corrected chi connectivity index (χ1v) is 10.6. The van der Waals surface area contributed by atoms with Crippen molar-refractivity contribution in [3.63, 3.8) is 0 Å². The van der Waals surface area contributed by atoms with E-state index in [1.54, 1.807) is 19.4 Å². The molecule has 6 nitrogen and oxygen atoms in total. The summed E-state index contributed by atoms with van der Waals surface area (Å²) in [6, 6.07) is 11.0. The summed E-state index contributed by atoms with van der Waals surface area (Å²) < 4.78 is 13.7. The molecule has 30 heavy (non-hydrogen) atoms. The molecule has 0 aliphatic rings. The zero-order chi connectivity index (χ0) is 21.9. The third-order valence-electron chi connectivity index (χ3n) is 4.38. The van der Waals surface area contributed by atoms with Gasteiger partial charge in [0, 0.05) is 16.5 Å². The average Bonchev–Trinajstić information content (AvgIpc) is 2.71. The standard InChI is InChI=1S/C23H26BrN3O3/c1-6-20-26-18-11-10-16(24)12-17(18)22(28)27(20)25-13-15-8-7-9-19(29-5)21(15)30-14-23(2,3)4/h7-13H,6,14H2,1-5H3. The van der Waals surface area contributed by atoms with E-state index in [2.05, 4.69) is 46.8 Å². The van der Waals surface area contributed by atoms with Crippen molar-refractivity contribution in [2.45, 2.75) is 34.1 Å². The van der Waals surface area contributed by atoms with Gasteiger partial charge in [0.15, 0.2) is 11.5 Å². The number of methoxy groups -OCH3 is 1. The fourth-order valence-corrected chi connectivity index (χ4v) is 3.26. The Morgan fingerprint density at radius 1 is 1.23 bits per heavy atom. The summed E-state index contributed by atoms with van der Waals surface area (Å²) in [7, 11) is 1.60. The molecule has 3 aromatic rings. The van der Waals surface area contributed by atoms with Crippen LogP contribution in [0.1, 0.15) is 39.1 Å². The average molecular weight is 472 g/mol. The molecule has 1 aromatic heterocycles. The molecule has 0 aliphatic heterocycles. The van der Waals surface area contributed by atoms with Crippen LogP contribution in [0, 0.1) is 5.41 Å². The maximum absolute atomic E-state index is 13.1. The summed E-state index contributed by atoms with van der Waals surface area (Å²) in [5.74, 6) is 1.80. The molecule has 158 valence electrons. The number of aryl methyl sites for hydroxylation is 1. The van der Waals surface area contributed by atoms with E-state index in [1.165, 1.54) is 4.68 Å². The smallest absolute Gasteiger partial charge is 0.282 e. The van der Waals surface area contributed by atoms with E-state index in [-0.39, 0.29) is 11.0 Å². The number of nitrogens with zero attached hydrogens (tertiary/aromatic N) is 3. The lowest BCUT2D eigenvalue weighted by Gasteiger charge is -2.21. The molecule has 0 amide bonds. The van der Waals surface area contributed by atoms with Crippen LogP contribution in [0.15, 0.2) is 50.8 Å². The predicted molar refractivity (Wildman–Crippen MR) is 124 cm³/mol. The van der Waals surface area contributed by atoms with Gasteiger partial charge in [0.1, 0.15) is 5.82 Å². The number of fused-ring (bicyclic) bond motifs is 1. The van der Waals surface area contributed by atoms with Crippen LogP contribution >= 0.6 is 15.9 Å². The Balaban J connectivity index is 2.08. The van der Waals surface area contributed by atoms with Crippen molar-refractivity contribution in [2.75, 3.05) is 13.7 Å². The predicted octanol–water partition coefficient (Wildman–Crippen LogP) is 5.04. The van der Waals surface area contributed by atoms with Crippen molar-refractivity contribution in [1.82, 2.24) is 9.66 Å². The number of hydrogen-bond acceptors (Lipinski definition) is 5. The van der Waals surface area contributed by atoms with Crippen LogP contribution in [0.4, 0.5) is 0 Å². The summed E-state index contributed by atoms with van der Waals surface area (Å²) in [5.41, 5.74) is 1.15. The van der Waals surface area contributed by atoms with Crippen LogP contribution in [0.2, 0.25) is 0 Å². The minimum Gasteiger partial charge on any atom is -0.493 e. The minimum absolute atomic E-state index is 0.0166. The number of ether oxygens (including phenoxy) is 2. The summed E-state index contributed by atoms with van der Waals surface area (Å²) in [6.07, 6.45) is 2.19. The van der Waals surface area contributed by atoms with Crippen LogP contribution in [0.25, 0.3) is 10.9 Å². The second-order valence-corrected chi connectivity index (χ2v) is 9.05. The van der Waals surface area contributed by atoms with Crippen molar-refractivity contribution in [3.05, 3.63) is 62.6 Å². The van der Waals surface area contributed by atoms with Crippen LogP contribution in [-0.2, 0) is 6.42 Å². The highest BCUT2D eigenvalue weighted by Gasteiger charge is 2.16. The van der Waals surface area contributed by atoms with Crippen molar-refractivity contribution < 1.29 is 9.47 Å². The Morgan fingerprint density at radius 2 is 2.00 bits per heavy atom. The van der Waals surface area contributed by atoms with E-state index >= 15 is 0 Å². The van der Waals surface area contributed by atoms with Gasteiger partial charge in [0.05, 0.1) is 30.8 Å². The Labute approximate surface area is 184 Å². The quantitative estimate of drug-likeness (QED) is 0.472. The molecular formula is C23H26BrN3O3. The number of halogens is 1. The highest BCUT2D eigenvalue weighted by molar-refractivity contribution is 9.10. The van der Waals surface area contributed by atoms with E-state index in [0.717, 1.165) is 10.0 Å². The first kappa shape index (κ1) is 22.0. The summed E-state index contributed by atoms with van der Waals surface area (Å²) in [6.45, 7) is 8.76. The van der Waals surface area contributed by atoms with Gasteiger partial charge in [-0.2, -0.15) is 9.78 Å². The Kier molecular flexibility index (Phi) is 6.61. The van der Waals surface area contributed by atoms with Crippen LogP contribution in [-0.4, -0.2) is 29.6 Å². The second-order valence-electron chi connectivity index (χ2n) is 8.13. The molecular weight excluding hydrogens is 446 g/mol. The Hall–Kier alpha value is -2.67. The van der Waals surface area contributed by atoms with Crippen molar-refractivity contribution >= 4 is 33.0 Å². The van der Waals surface area contributed by atoms with E-state index < -0.39 is 0 Å². The fourth-order valence-electron chi connectivity index (χ4n) is 2.90. The molecule has 2 aromatic carbocycles. The second kappa shape index (κ2) is 9.00. The zero-order valence-electron chi connectivity index (χ0n) is 17.9. The maximum Gasteiger partial charge on any atom is 0.282 e. The first-order valence-electron chi connectivity index (χ1n) is 9.79. The van der Waals surface area contributed by atoms with E-state index in [9.17, 15) is 4.79 Å². The summed E-state index contributed by atoms with van der Waals surface area (Å²) in [5, 5.41) is 4.98. The first-order chi connectivity index (χ1) is 14.2. The normalized spacial score (nSPS) is 11.9. The summed E-state index contributed by atoms with van der Waals surface area (Å²) >= 11 is 3.42. The van der Waals surface area contributed by atoms with Crippen LogP contribution < -0.4 is 15.0 Å². The molecule has 3 rings (SSSR count). The lowest BCUT2D eigenvalue weighted by Crippen LogP contribution is -2.22. The van der Waals surface area contributed by atoms with Crippen molar-refractivity contribution in [3.8, 4) is 11.5 Å². The largest absolute Gasteiger partial charge is 0.493 e. The SMILES string of the molecule is CCc1nc2ccc(Br)cc2c(=O)n1N=Cc1cccc(OC)c1OCC(C)(C)C. The van der Waals surface area contributed by atoms with E-state index in [0.29, 0.717) is 41.3 Å². The minimum atomic E-state index is -0.213. The number of hydrogen-bond donors (Lipinski definition) is 0. The molecule has 0 aliphatic carbocycles. The third kappa shape index (κ3) is 4.90. The molecule has 0 bridgehead atoms. The maximum atomic E-state index is 13.1. The Morgan fingerprint density at radius 3 is 2.67 bits per heavy atom. The van der Waals surface area contributed by atoms with Crippen LogP contribution in [0.3, 0.4) is 0 Å².